The van der Waals surface area contributed by atoms with Gasteiger partial charge in [0.05, 0.1) is 5.56 Å². The van der Waals surface area contributed by atoms with Crippen LogP contribution in [0.15, 0.2) is 16.6 Å². The lowest BCUT2D eigenvalue weighted by Gasteiger charge is -2.07. The van der Waals surface area contributed by atoms with Gasteiger partial charge in [0, 0.05) is 21.9 Å². The van der Waals surface area contributed by atoms with E-state index in [9.17, 15) is 9.18 Å². The van der Waals surface area contributed by atoms with Crippen LogP contribution in [0.1, 0.15) is 29.3 Å². The Morgan fingerprint density at radius 1 is 1.53 bits per heavy atom. The molecule has 1 unspecified atom stereocenters. The Hall–Kier alpha value is -0.350. The quantitative estimate of drug-likeness (QED) is 0.722. The average Bonchev–Trinajstić information content (AvgIpc) is 2.32. The van der Waals surface area contributed by atoms with Gasteiger partial charge >= 0.3 is 0 Å². The number of rotatable bonds is 0. The van der Waals surface area contributed by atoms with Gasteiger partial charge in [-0.05, 0) is 17.7 Å². The van der Waals surface area contributed by atoms with E-state index < -0.39 is 5.82 Å². The third kappa shape index (κ3) is 2.11. The highest BCUT2D eigenvalue weighted by molar-refractivity contribution is 9.10. The van der Waals surface area contributed by atoms with E-state index in [2.05, 4.69) is 15.9 Å². The smallest absolute Gasteiger partial charge is 0.167 e. The summed E-state index contributed by atoms with van der Waals surface area (Å²) < 4.78 is 14.4. The molecule has 1 heterocycles. The van der Waals surface area contributed by atoms with E-state index in [0.29, 0.717) is 12.2 Å². The van der Waals surface area contributed by atoms with E-state index in [0.717, 1.165) is 10.0 Å². The summed E-state index contributed by atoms with van der Waals surface area (Å²) in [4.78, 5) is 11.8. The van der Waals surface area contributed by atoms with E-state index >= 15 is 0 Å². The van der Waals surface area contributed by atoms with Crippen LogP contribution in [0.2, 0.25) is 0 Å². The van der Waals surface area contributed by atoms with Crippen molar-refractivity contribution in [3.05, 3.63) is 33.5 Å². The minimum atomic E-state index is -0.395. The first kappa shape index (κ1) is 11.1. The molecule has 1 aromatic rings. The number of halogens is 2. The zero-order valence-electron chi connectivity index (χ0n) is 8.22. The second kappa shape index (κ2) is 4.26. The number of carbonyl (C=O) groups is 1. The molecule has 0 saturated heterocycles. The summed E-state index contributed by atoms with van der Waals surface area (Å²) in [5.41, 5.74) is 1.08. The van der Waals surface area contributed by atoms with Crippen molar-refractivity contribution in [1.29, 1.82) is 0 Å². The van der Waals surface area contributed by atoms with Gasteiger partial charge in [-0.1, -0.05) is 22.9 Å². The zero-order valence-corrected chi connectivity index (χ0v) is 10.6. The molecule has 0 spiro atoms. The molecule has 1 nitrogen and oxygen atoms in total. The van der Waals surface area contributed by atoms with Crippen LogP contribution in [0.4, 0.5) is 4.39 Å². The van der Waals surface area contributed by atoms with Crippen molar-refractivity contribution in [2.75, 3.05) is 0 Å². The van der Waals surface area contributed by atoms with Crippen LogP contribution in [0, 0.1) is 5.82 Å². The van der Waals surface area contributed by atoms with Crippen LogP contribution >= 0.6 is 27.7 Å². The van der Waals surface area contributed by atoms with Crippen molar-refractivity contribution >= 4 is 33.5 Å². The molecule has 0 aliphatic carbocycles. The van der Waals surface area contributed by atoms with Gasteiger partial charge in [0.15, 0.2) is 5.78 Å². The maximum atomic E-state index is 13.6. The van der Waals surface area contributed by atoms with Gasteiger partial charge in [0.25, 0.3) is 0 Å². The summed E-state index contributed by atoms with van der Waals surface area (Å²) in [6, 6.07) is 3.01. The normalized spacial score (nSPS) is 21.0. The lowest BCUT2D eigenvalue weighted by atomic mass is 10.0. The summed E-state index contributed by atoms with van der Waals surface area (Å²) in [7, 11) is 0. The molecule has 4 heteroatoms. The highest BCUT2D eigenvalue weighted by atomic mass is 79.9. The number of carbonyl (C=O) groups excluding carboxylic acids is 1. The SMILES string of the molecule is CC1CC(=O)c2c(F)ccc(Br)c2CS1. The molecule has 0 N–H and O–H groups in total. The van der Waals surface area contributed by atoms with Crippen molar-refractivity contribution in [2.24, 2.45) is 0 Å². The van der Waals surface area contributed by atoms with Crippen molar-refractivity contribution in [2.45, 2.75) is 24.3 Å². The second-order valence-electron chi connectivity index (χ2n) is 3.63. The number of Topliss-reactive ketones (excluding diaryl/α,β-unsaturated/α-hetero) is 1. The molecule has 0 fully saturated rings. The van der Waals surface area contributed by atoms with E-state index in [1.54, 1.807) is 17.8 Å². The molecule has 1 aliphatic rings. The second-order valence-corrected chi connectivity index (χ2v) is 5.91. The average molecular weight is 289 g/mol. The fourth-order valence-electron chi connectivity index (χ4n) is 1.68. The largest absolute Gasteiger partial charge is 0.294 e. The van der Waals surface area contributed by atoms with Crippen LogP contribution in [0.25, 0.3) is 0 Å². The van der Waals surface area contributed by atoms with Crippen LogP contribution in [-0.2, 0) is 5.75 Å². The number of thioether (sulfide) groups is 1. The summed E-state index contributed by atoms with van der Waals surface area (Å²) in [6.45, 7) is 2.00. The van der Waals surface area contributed by atoms with Crippen LogP contribution in [0.5, 0.6) is 0 Å². The molecule has 1 aliphatic heterocycles. The summed E-state index contributed by atoms with van der Waals surface area (Å²) >= 11 is 5.06. The predicted octanol–water partition coefficient (Wildman–Crippen LogP) is 3.80. The Morgan fingerprint density at radius 3 is 3.00 bits per heavy atom. The van der Waals surface area contributed by atoms with Crippen LogP contribution in [-0.4, -0.2) is 11.0 Å². The molecule has 0 amide bonds. The molecular weight excluding hydrogens is 279 g/mol. The first-order chi connectivity index (χ1) is 7.09. The number of benzene rings is 1. The lowest BCUT2D eigenvalue weighted by molar-refractivity contribution is 0.0979. The van der Waals surface area contributed by atoms with Gasteiger partial charge in [-0.2, -0.15) is 11.8 Å². The Labute approximate surface area is 101 Å². The third-order valence-corrected chi connectivity index (χ3v) is 4.40. The maximum absolute atomic E-state index is 13.6. The van der Waals surface area contributed by atoms with Crippen molar-refractivity contribution in [3.63, 3.8) is 0 Å². The molecule has 0 saturated carbocycles. The van der Waals surface area contributed by atoms with Crippen LogP contribution < -0.4 is 0 Å². The summed E-state index contributed by atoms with van der Waals surface area (Å²) in [6.07, 6.45) is 0.422. The van der Waals surface area contributed by atoms with Gasteiger partial charge in [0.1, 0.15) is 5.82 Å². The molecule has 1 atom stereocenters. The molecular formula is C11H10BrFOS. The van der Waals surface area contributed by atoms with Crippen molar-refractivity contribution in [3.8, 4) is 0 Å². The fourth-order valence-corrected chi connectivity index (χ4v) is 3.36. The highest BCUT2D eigenvalue weighted by Crippen LogP contribution is 2.34. The predicted molar refractivity (Wildman–Crippen MR) is 63.8 cm³/mol. The number of ketones is 1. The Kier molecular flexibility index (Phi) is 3.16. The van der Waals surface area contributed by atoms with Crippen molar-refractivity contribution in [1.82, 2.24) is 0 Å². The summed E-state index contributed by atoms with van der Waals surface area (Å²) in [5, 5.41) is 0.260. The lowest BCUT2D eigenvalue weighted by Crippen LogP contribution is -2.08. The van der Waals surface area contributed by atoms with Gasteiger partial charge in [0.2, 0.25) is 0 Å². The standard InChI is InChI=1S/C11H10BrFOS/c1-6-4-10(14)11-7(5-15-6)8(12)2-3-9(11)13/h2-3,6H,4-5H2,1H3. The number of fused-ring (bicyclic) bond motifs is 1. The van der Waals surface area contributed by atoms with E-state index in [1.165, 1.54) is 6.07 Å². The van der Waals surface area contributed by atoms with E-state index in [-0.39, 0.29) is 16.6 Å². The van der Waals surface area contributed by atoms with E-state index in [4.69, 9.17) is 0 Å². The van der Waals surface area contributed by atoms with E-state index in [1.807, 2.05) is 6.92 Å². The Morgan fingerprint density at radius 2 is 2.27 bits per heavy atom. The van der Waals surface area contributed by atoms with Gasteiger partial charge in [-0.3, -0.25) is 4.79 Å². The van der Waals surface area contributed by atoms with Crippen LogP contribution in [0.3, 0.4) is 0 Å². The summed E-state index contributed by atoms with van der Waals surface area (Å²) in [5.74, 6) is 0.217. The number of hydrogen-bond donors (Lipinski definition) is 0. The van der Waals surface area contributed by atoms with Gasteiger partial charge < -0.3 is 0 Å². The maximum Gasteiger partial charge on any atom is 0.167 e. The fraction of sp³-hybridized carbons (Fsp3) is 0.364. The van der Waals surface area contributed by atoms with Gasteiger partial charge in [-0.15, -0.1) is 0 Å². The molecule has 15 heavy (non-hydrogen) atoms. The molecule has 1 aromatic carbocycles. The molecule has 0 aromatic heterocycles. The first-order valence-electron chi connectivity index (χ1n) is 4.71. The zero-order chi connectivity index (χ0) is 11.0. The minimum absolute atomic E-state index is 0.0821. The third-order valence-electron chi connectivity index (χ3n) is 2.47. The Bertz CT molecular complexity index is 419. The Balaban J connectivity index is 2.57. The molecule has 0 radical (unpaired) electrons. The monoisotopic (exact) mass is 288 g/mol. The molecule has 0 bridgehead atoms. The molecule has 80 valence electrons. The number of hydrogen-bond acceptors (Lipinski definition) is 2. The topological polar surface area (TPSA) is 17.1 Å². The van der Waals surface area contributed by atoms with Gasteiger partial charge in [-0.25, -0.2) is 4.39 Å². The minimum Gasteiger partial charge on any atom is -0.294 e. The van der Waals surface area contributed by atoms with Crippen molar-refractivity contribution < 1.29 is 9.18 Å². The molecule has 2 rings (SSSR count). The highest BCUT2D eigenvalue weighted by Gasteiger charge is 2.24. The first-order valence-corrected chi connectivity index (χ1v) is 6.55.